The van der Waals surface area contributed by atoms with Crippen LogP contribution >= 0.6 is 0 Å². The van der Waals surface area contributed by atoms with Gasteiger partial charge in [-0.05, 0) is 18.6 Å². The lowest BCUT2D eigenvalue weighted by molar-refractivity contribution is 0.0690. The van der Waals surface area contributed by atoms with Gasteiger partial charge in [-0.15, -0.1) is 0 Å². The van der Waals surface area contributed by atoms with Gasteiger partial charge in [0, 0.05) is 25.0 Å². The van der Waals surface area contributed by atoms with Crippen LogP contribution in [0.3, 0.4) is 0 Å². The third kappa shape index (κ3) is 2.82. The van der Waals surface area contributed by atoms with Gasteiger partial charge in [-0.1, -0.05) is 6.92 Å². The highest BCUT2D eigenvalue weighted by atomic mass is 16.4. The highest BCUT2D eigenvalue weighted by Crippen LogP contribution is 2.15. The number of aromatic nitrogens is 3. The molecule has 0 aliphatic heterocycles. The zero-order valence-corrected chi connectivity index (χ0v) is 11.1. The number of hydrogen-bond donors (Lipinski definition) is 2. The average molecular weight is 274 g/mol. The monoisotopic (exact) mass is 274 g/mol. The molecule has 0 aromatic carbocycles. The Balaban J connectivity index is 2.23. The molecule has 0 radical (unpaired) electrons. The van der Waals surface area contributed by atoms with E-state index in [2.05, 4.69) is 15.4 Å². The zero-order valence-electron chi connectivity index (χ0n) is 11.1. The van der Waals surface area contributed by atoms with Crippen molar-refractivity contribution >= 4 is 17.6 Å². The molecule has 104 valence electrons. The van der Waals surface area contributed by atoms with Crippen LogP contribution in [0.4, 0.5) is 5.69 Å². The maximum atomic E-state index is 12.1. The Kier molecular flexibility index (Phi) is 3.79. The van der Waals surface area contributed by atoms with Crippen molar-refractivity contribution in [1.82, 2.24) is 14.8 Å². The smallest absolute Gasteiger partial charge is 0.354 e. The van der Waals surface area contributed by atoms with Crippen molar-refractivity contribution in [1.29, 1.82) is 0 Å². The van der Waals surface area contributed by atoms with Gasteiger partial charge in [0.25, 0.3) is 5.91 Å². The van der Waals surface area contributed by atoms with Crippen LogP contribution in [0.15, 0.2) is 24.5 Å². The number of pyridine rings is 1. The first-order chi connectivity index (χ1) is 9.51. The Morgan fingerprint density at radius 1 is 1.45 bits per heavy atom. The second-order valence-electron chi connectivity index (χ2n) is 4.21. The van der Waals surface area contributed by atoms with Crippen LogP contribution in [0.5, 0.6) is 0 Å². The number of amides is 1. The summed E-state index contributed by atoms with van der Waals surface area (Å²) >= 11 is 0. The molecule has 20 heavy (non-hydrogen) atoms. The second-order valence-corrected chi connectivity index (χ2v) is 4.21. The lowest BCUT2D eigenvalue weighted by Crippen LogP contribution is -2.14. The molecule has 0 aliphatic carbocycles. The third-order valence-electron chi connectivity index (χ3n) is 2.73. The lowest BCUT2D eigenvalue weighted by atomic mass is 10.2. The number of carboxylic acids is 1. The van der Waals surface area contributed by atoms with Crippen LogP contribution in [0.2, 0.25) is 0 Å². The van der Waals surface area contributed by atoms with E-state index in [4.69, 9.17) is 5.11 Å². The molecule has 7 heteroatoms. The molecule has 0 spiro atoms. The Morgan fingerprint density at radius 2 is 2.20 bits per heavy atom. The molecule has 0 saturated carbocycles. The number of aryl methyl sites for hydroxylation is 2. The topological polar surface area (TPSA) is 97.1 Å². The Bertz CT molecular complexity index is 663. The number of aromatic carboxylic acids is 1. The maximum Gasteiger partial charge on any atom is 0.354 e. The maximum absolute atomic E-state index is 12.1. The first-order valence-corrected chi connectivity index (χ1v) is 6.04. The molecule has 1 amide bonds. The first kappa shape index (κ1) is 13.7. The number of carboxylic acid groups (broad SMARTS) is 1. The van der Waals surface area contributed by atoms with Crippen molar-refractivity contribution in [2.75, 3.05) is 5.32 Å². The van der Waals surface area contributed by atoms with Crippen molar-refractivity contribution in [3.63, 3.8) is 0 Å². The molecule has 0 fully saturated rings. The third-order valence-corrected chi connectivity index (χ3v) is 2.73. The quantitative estimate of drug-likeness (QED) is 0.876. The van der Waals surface area contributed by atoms with Crippen molar-refractivity contribution in [3.8, 4) is 0 Å². The van der Waals surface area contributed by atoms with E-state index in [1.165, 1.54) is 18.3 Å². The fraction of sp³-hybridized carbons (Fsp3) is 0.231. The van der Waals surface area contributed by atoms with Crippen LogP contribution < -0.4 is 5.32 Å². The predicted octanol–water partition coefficient (Wildman–Crippen LogP) is 1.33. The van der Waals surface area contributed by atoms with Gasteiger partial charge >= 0.3 is 5.97 Å². The number of carbonyl (C=O) groups excluding carboxylic acids is 1. The van der Waals surface area contributed by atoms with Gasteiger partial charge in [-0.25, -0.2) is 9.78 Å². The molecule has 0 bridgehead atoms. The summed E-state index contributed by atoms with van der Waals surface area (Å²) in [5.41, 5.74) is 1.46. The van der Waals surface area contributed by atoms with E-state index < -0.39 is 11.9 Å². The van der Waals surface area contributed by atoms with E-state index >= 15 is 0 Å². The molecule has 2 heterocycles. The van der Waals surface area contributed by atoms with Crippen LogP contribution in [0.1, 0.15) is 33.5 Å². The highest BCUT2D eigenvalue weighted by molar-refractivity contribution is 6.05. The van der Waals surface area contributed by atoms with Crippen molar-refractivity contribution < 1.29 is 14.7 Å². The van der Waals surface area contributed by atoms with Crippen LogP contribution in [0.25, 0.3) is 0 Å². The predicted molar refractivity (Wildman–Crippen MR) is 71.7 cm³/mol. The van der Waals surface area contributed by atoms with Crippen molar-refractivity contribution in [3.05, 3.63) is 41.5 Å². The minimum absolute atomic E-state index is 0.167. The van der Waals surface area contributed by atoms with Gasteiger partial charge in [0.05, 0.1) is 11.4 Å². The molecule has 2 aromatic rings. The van der Waals surface area contributed by atoms with E-state index in [-0.39, 0.29) is 11.3 Å². The lowest BCUT2D eigenvalue weighted by Gasteiger charge is -2.04. The molecule has 0 unspecified atom stereocenters. The molecule has 2 aromatic heterocycles. The molecular weight excluding hydrogens is 260 g/mol. The summed E-state index contributed by atoms with van der Waals surface area (Å²) < 4.78 is 1.61. The SMILES string of the molecule is CCc1nn(C)cc1NC(=O)c1ccnc(C(=O)O)c1. The number of nitrogens with zero attached hydrogens (tertiary/aromatic N) is 3. The van der Waals surface area contributed by atoms with E-state index in [0.717, 1.165) is 5.69 Å². The zero-order chi connectivity index (χ0) is 14.7. The van der Waals surface area contributed by atoms with E-state index in [9.17, 15) is 9.59 Å². The number of anilines is 1. The normalized spacial score (nSPS) is 10.3. The van der Waals surface area contributed by atoms with E-state index in [0.29, 0.717) is 12.1 Å². The fourth-order valence-corrected chi connectivity index (χ4v) is 1.78. The summed E-state index contributed by atoms with van der Waals surface area (Å²) in [5.74, 6) is -1.56. The summed E-state index contributed by atoms with van der Waals surface area (Å²) in [7, 11) is 1.77. The minimum atomic E-state index is -1.17. The highest BCUT2D eigenvalue weighted by Gasteiger charge is 2.13. The van der Waals surface area contributed by atoms with Gasteiger partial charge in [0.15, 0.2) is 0 Å². The summed E-state index contributed by atoms with van der Waals surface area (Å²) in [5, 5.41) is 15.8. The summed E-state index contributed by atoms with van der Waals surface area (Å²) in [6.07, 6.45) is 3.69. The second kappa shape index (κ2) is 5.52. The first-order valence-electron chi connectivity index (χ1n) is 6.04. The van der Waals surface area contributed by atoms with Crippen molar-refractivity contribution in [2.45, 2.75) is 13.3 Å². The molecule has 0 aliphatic rings. The Morgan fingerprint density at radius 3 is 2.85 bits per heavy atom. The Labute approximate surface area is 115 Å². The largest absolute Gasteiger partial charge is 0.477 e. The van der Waals surface area contributed by atoms with Gasteiger partial charge < -0.3 is 10.4 Å². The number of hydrogen-bond acceptors (Lipinski definition) is 4. The summed E-state index contributed by atoms with van der Waals surface area (Å²) in [6, 6.07) is 2.70. The number of carbonyl (C=O) groups is 2. The average Bonchev–Trinajstić information content (AvgIpc) is 2.78. The molecule has 0 saturated heterocycles. The van der Waals surface area contributed by atoms with E-state index in [1.54, 1.807) is 17.9 Å². The van der Waals surface area contributed by atoms with Gasteiger partial charge in [0.2, 0.25) is 0 Å². The number of rotatable bonds is 4. The summed E-state index contributed by atoms with van der Waals surface area (Å²) in [6.45, 7) is 1.94. The van der Waals surface area contributed by atoms with Gasteiger partial charge in [0.1, 0.15) is 5.69 Å². The fourth-order valence-electron chi connectivity index (χ4n) is 1.78. The summed E-state index contributed by atoms with van der Waals surface area (Å²) in [4.78, 5) is 26.6. The van der Waals surface area contributed by atoms with Gasteiger partial charge in [-0.3, -0.25) is 9.48 Å². The van der Waals surface area contributed by atoms with Crippen LogP contribution in [-0.4, -0.2) is 31.7 Å². The van der Waals surface area contributed by atoms with E-state index in [1.807, 2.05) is 6.92 Å². The molecule has 2 rings (SSSR count). The number of nitrogens with one attached hydrogen (secondary N) is 1. The van der Waals surface area contributed by atoms with Gasteiger partial charge in [-0.2, -0.15) is 5.10 Å². The minimum Gasteiger partial charge on any atom is -0.477 e. The van der Waals surface area contributed by atoms with Crippen LogP contribution in [0, 0.1) is 0 Å². The molecule has 2 N–H and O–H groups in total. The Hall–Kier alpha value is -2.70. The van der Waals surface area contributed by atoms with Crippen LogP contribution in [-0.2, 0) is 13.5 Å². The molecular formula is C13H14N4O3. The standard InChI is InChI=1S/C13H14N4O3/c1-3-9-11(7-17(2)16-9)15-12(18)8-4-5-14-10(6-8)13(19)20/h4-7H,3H2,1-2H3,(H,15,18)(H,19,20). The van der Waals surface area contributed by atoms with Crippen molar-refractivity contribution in [2.24, 2.45) is 7.05 Å². The molecule has 0 atom stereocenters. The molecule has 7 nitrogen and oxygen atoms in total.